The number of aromatic nitrogens is 2. The first-order valence-corrected chi connectivity index (χ1v) is 10.6. The van der Waals surface area contributed by atoms with Crippen LogP contribution in [0.2, 0.25) is 5.02 Å². The summed E-state index contributed by atoms with van der Waals surface area (Å²) in [5, 5.41) is 8.10. The summed E-state index contributed by atoms with van der Waals surface area (Å²) in [6, 6.07) is 23.4. The van der Waals surface area contributed by atoms with Crippen LogP contribution in [0.1, 0.15) is 43.2 Å². The monoisotopic (exact) mass is 443 g/mol. The van der Waals surface area contributed by atoms with E-state index in [9.17, 15) is 9.59 Å². The minimum Gasteiger partial charge on any atom is -0.319 e. The number of ketones is 1. The molecule has 0 saturated heterocycles. The molecule has 5 nitrogen and oxygen atoms in total. The van der Waals surface area contributed by atoms with Crippen LogP contribution in [0, 0.1) is 13.8 Å². The molecule has 0 aliphatic rings. The van der Waals surface area contributed by atoms with E-state index in [0.717, 1.165) is 11.3 Å². The second kappa shape index (κ2) is 9.20. The molecule has 0 unspecified atom stereocenters. The minimum atomic E-state index is -0.353. The smallest absolute Gasteiger partial charge is 0.256 e. The number of aryl methyl sites for hydroxylation is 1. The van der Waals surface area contributed by atoms with Crippen LogP contribution < -0.4 is 5.32 Å². The predicted molar refractivity (Wildman–Crippen MR) is 127 cm³/mol. The zero-order chi connectivity index (χ0) is 22.7. The number of hydrogen-bond acceptors (Lipinski definition) is 3. The van der Waals surface area contributed by atoms with Gasteiger partial charge < -0.3 is 5.32 Å². The Morgan fingerprint density at radius 1 is 0.875 bits per heavy atom. The molecule has 0 fully saturated rings. The van der Waals surface area contributed by atoms with Crippen molar-refractivity contribution in [1.82, 2.24) is 9.78 Å². The lowest BCUT2D eigenvalue weighted by Crippen LogP contribution is -2.17. The summed E-state index contributed by atoms with van der Waals surface area (Å²) in [6.45, 7) is 4.38. The van der Waals surface area contributed by atoms with Crippen LogP contribution in [-0.2, 0) is 6.54 Å². The number of hydrogen-bond donors (Lipinski definition) is 1. The molecular formula is C26H22ClN3O2. The minimum absolute atomic E-state index is 0.236. The summed E-state index contributed by atoms with van der Waals surface area (Å²) in [4.78, 5) is 26.2. The van der Waals surface area contributed by atoms with Gasteiger partial charge in [-0.05, 0) is 49.7 Å². The molecule has 0 spiro atoms. The normalized spacial score (nSPS) is 10.7. The molecule has 6 heteroatoms. The SMILES string of the molecule is Cc1nn(Cc2ccccc2)c(C)c1NC(=O)c1ccccc1C(=O)c1ccc(Cl)cc1. The second-order valence-corrected chi connectivity index (χ2v) is 7.96. The Bertz CT molecular complexity index is 1280. The van der Waals surface area contributed by atoms with Crippen LogP contribution in [-0.4, -0.2) is 21.5 Å². The fourth-order valence-electron chi connectivity index (χ4n) is 3.60. The van der Waals surface area contributed by atoms with Gasteiger partial charge in [-0.1, -0.05) is 60.1 Å². The summed E-state index contributed by atoms with van der Waals surface area (Å²) in [5.41, 5.74) is 4.45. The first-order chi connectivity index (χ1) is 15.4. The molecule has 1 amide bonds. The Hall–Kier alpha value is -3.70. The predicted octanol–water partition coefficient (Wildman–Crippen LogP) is 5.68. The first-order valence-electron chi connectivity index (χ1n) is 10.2. The lowest BCUT2D eigenvalue weighted by molar-refractivity contribution is 0.0996. The zero-order valence-corrected chi connectivity index (χ0v) is 18.6. The average Bonchev–Trinajstić information content (AvgIpc) is 3.07. The van der Waals surface area contributed by atoms with Gasteiger partial charge in [-0.3, -0.25) is 14.3 Å². The Balaban J connectivity index is 1.60. The molecule has 4 rings (SSSR count). The Kier molecular flexibility index (Phi) is 6.19. The van der Waals surface area contributed by atoms with Crippen LogP contribution in [0.25, 0.3) is 0 Å². The number of carbonyl (C=O) groups excluding carboxylic acids is 2. The molecule has 0 aliphatic carbocycles. The van der Waals surface area contributed by atoms with Gasteiger partial charge in [0.15, 0.2) is 5.78 Å². The van der Waals surface area contributed by atoms with Crippen LogP contribution in [0.5, 0.6) is 0 Å². The summed E-state index contributed by atoms with van der Waals surface area (Å²) in [6.07, 6.45) is 0. The highest BCUT2D eigenvalue weighted by Crippen LogP contribution is 2.23. The summed E-state index contributed by atoms with van der Waals surface area (Å²) in [5.74, 6) is -0.589. The van der Waals surface area contributed by atoms with Crippen LogP contribution in [0.3, 0.4) is 0 Å². The summed E-state index contributed by atoms with van der Waals surface area (Å²) < 4.78 is 1.87. The highest BCUT2D eigenvalue weighted by atomic mass is 35.5. The molecule has 32 heavy (non-hydrogen) atoms. The third kappa shape index (κ3) is 4.48. The number of carbonyl (C=O) groups is 2. The largest absolute Gasteiger partial charge is 0.319 e. The van der Waals surface area contributed by atoms with Gasteiger partial charge in [0.25, 0.3) is 5.91 Å². The number of anilines is 1. The zero-order valence-electron chi connectivity index (χ0n) is 17.8. The van der Waals surface area contributed by atoms with Crippen molar-refractivity contribution in [2.75, 3.05) is 5.32 Å². The lowest BCUT2D eigenvalue weighted by Gasteiger charge is -2.11. The third-order valence-electron chi connectivity index (χ3n) is 5.32. The van der Waals surface area contributed by atoms with E-state index in [1.54, 1.807) is 48.5 Å². The second-order valence-electron chi connectivity index (χ2n) is 7.52. The van der Waals surface area contributed by atoms with Crippen LogP contribution in [0.4, 0.5) is 5.69 Å². The van der Waals surface area contributed by atoms with E-state index in [2.05, 4.69) is 10.4 Å². The highest BCUT2D eigenvalue weighted by molar-refractivity contribution is 6.30. The summed E-state index contributed by atoms with van der Waals surface area (Å²) >= 11 is 5.93. The van der Waals surface area contributed by atoms with E-state index < -0.39 is 0 Å². The number of halogens is 1. The maximum absolute atomic E-state index is 13.2. The van der Waals surface area contributed by atoms with Gasteiger partial charge in [-0.15, -0.1) is 0 Å². The number of nitrogens with one attached hydrogen (secondary N) is 1. The molecule has 0 radical (unpaired) electrons. The van der Waals surface area contributed by atoms with Gasteiger partial charge in [0.2, 0.25) is 0 Å². The topological polar surface area (TPSA) is 64.0 Å². The fraction of sp³-hybridized carbons (Fsp3) is 0.115. The highest BCUT2D eigenvalue weighted by Gasteiger charge is 2.21. The summed E-state index contributed by atoms with van der Waals surface area (Å²) in [7, 11) is 0. The molecule has 1 aromatic heterocycles. The fourth-order valence-corrected chi connectivity index (χ4v) is 3.73. The maximum atomic E-state index is 13.2. The molecule has 0 atom stereocenters. The quantitative estimate of drug-likeness (QED) is 0.389. The van der Waals surface area contributed by atoms with Gasteiger partial charge in [0.1, 0.15) is 0 Å². The third-order valence-corrected chi connectivity index (χ3v) is 5.57. The lowest BCUT2D eigenvalue weighted by atomic mass is 9.98. The molecule has 3 aromatic carbocycles. The van der Waals surface area contributed by atoms with Crippen molar-refractivity contribution in [2.45, 2.75) is 20.4 Å². The molecule has 4 aromatic rings. The molecule has 1 heterocycles. The van der Waals surface area contributed by atoms with Crippen molar-refractivity contribution < 1.29 is 9.59 Å². The van der Waals surface area contributed by atoms with Crippen molar-refractivity contribution in [1.29, 1.82) is 0 Å². The number of benzene rings is 3. The van der Waals surface area contributed by atoms with Crippen molar-refractivity contribution in [3.8, 4) is 0 Å². The van der Waals surface area contributed by atoms with Gasteiger partial charge in [-0.2, -0.15) is 5.10 Å². The van der Waals surface area contributed by atoms with Crippen molar-refractivity contribution in [2.24, 2.45) is 0 Å². The standard InChI is InChI=1S/C26H22ClN3O2/c1-17-24(18(2)30(29-17)16-19-8-4-3-5-9-19)28-26(32)23-11-7-6-10-22(23)25(31)20-12-14-21(27)15-13-20/h3-15H,16H2,1-2H3,(H,28,32). The molecule has 0 saturated carbocycles. The van der Waals surface area contributed by atoms with E-state index >= 15 is 0 Å². The van der Waals surface area contributed by atoms with E-state index in [1.165, 1.54) is 0 Å². The average molecular weight is 444 g/mol. The van der Waals surface area contributed by atoms with E-state index in [-0.39, 0.29) is 11.7 Å². The van der Waals surface area contributed by atoms with Crippen LogP contribution in [0.15, 0.2) is 78.9 Å². The van der Waals surface area contributed by atoms with Crippen molar-refractivity contribution >= 4 is 29.0 Å². The number of amides is 1. The van der Waals surface area contributed by atoms with E-state index in [4.69, 9.17) is 11.6 Å². The van der Waals surface area contributed by atoms with Gasteiger partial charge >= 0.3 is 0 Å². The molecule has 160 valence electrons. The van der Waals surface area contributed by atoms with Gasteiger partial charge in [0, 0.05) is 16.1 Å². The number of rotatable bonds is 6. The molecule has 0 aliphatic heterocycles. The van der Waals surface area contributed by atoms with Crippen molar-refractivity contribution in [3.63, 3.8) is 0 Å². The Morgan fingerprint density at radius 2 is 1.50 bits per heavy atom. The molecule has 0 bridgehead atoms. The maximum Gasteiger partial charge on any atom is 0.256 e. The molecular weight excluding hydrogens is 422 g/mol. The molecule has 1 N–H and O–H groups in total. The van der Waals surface area contributed by atoms with Crippen molar-refractivity contribution in [3.05, 3.63) is 118 Å². The van der Waals surface area contributed by atoms with Gasteiger partial charge in [0.05, 0.1) is 29.2 Å². The Labute approximate surface area is 191 Å². The Morgan fingerprint density at radius 3 is 2.19 bits per heavy atom. The number of nitrogens with zero attached hydrogens (tertiary/aromatic N) is 2. The van der Waals surface area contributed by atoms with Gasteiger partial charge in [-0.25, -0.2) is 0 Å². The van der Waals surface area contributed by atoms with E-state index in [0.29, 0.717) is 39.6 Å². The van der Waals surface area contributed by atoms with Crippen LogP contribution >= 0.6 is 11.6 Å². The van der Waals surface area contributed by atoms with E-state index in [1.807, 2.05) is 48.9 Å². The first kappa shape index (κ1) is 21.5.